The standard InChI is InChI=1S/C23H44O6/c1-5-6-7-8-9-10-11-12-13-14-21(24)28-20-19-27-18-17-26-16-15-22(25)29-23(2,3)4/h5-20H2,1-4H3. The molecule has 6 heteroatoms. The number of unbranched alkanes of at least 4 members (excludes halogenated alkanes) is 8. The first-order valence-corrected chi connectivity index (χ1v) is 11.4. The second-order valence-electron chi connectivity index (χ2n) is 8.36. The minimum Gasteiger partial charge on any atom is -0.463 e. The van der Waals surface area contributed by atoms with Gasteiger partial charge in [-0.15, -0.1) is 0 Å². The highest BCUT2D eigenvalue weighted by atomic mass is 16.6. The van der Waals surface area contributed by atoms with Crippen LogP contribution in [0.15, 0.2) is 0 Å². The average molecular weight is 417 g/mol. The Bertz CT molecular complexity index is 403. The SMILES string of the molecule is CCCCCCCCCCCC(=O)OCCOCCOCCC(=O)OC(C)(C)C. The molecule has 0 heterocycles. The van der Waals surface area contributed by atoms with Crippen LogP contribution in [0.4, 0.5) is 0 Å². The number of rotatable bonds is 19. The summed E-state index contributed by atoms with van der Waals surface area (Å²) in [5.74, 6) is -0.414. The normalized spacial score (nSPS) is 11.4. The Labute approximate surface area is 178 Å². The highest BCUT2D eigenvalue weighted by molar-refractivity contribution is 5.70. The molecule has 0 spiro atoms. The predicted molar refractivity (Wildman–Crippen MR) is 115 cm³/mol. The van der Waals surface area contributed by atoms with Crippen molar-refractivity contribution in [1.29, 1.82) is 0 Å². The van der Waals surface area contributed by atoms with Crippen molar-refractivity contribution in [2.24, 2.45) is 0 Å². The van der Waals surface area contributed by atoms with Crippen LogP contribution in [0, 0.1) is 0 Å². The highest BCUT2D eigenvalue weighted by Crippen LogP contribution is 2.11. The fraction of sp³-hybridized carbons (Fsp3) is 0.913. The Balaban J connectivity index is 3.28. The van der Waals surface area contributed by atoms with Gasteiger partial charge in [0.1, 0.15) is 12.2 Å². The molecule has 0 saturated heterocycles. The molecule has 0 aliphatic carbocycles. The van der Waals surface area contributed by atoms with Crippen molar-refractivity contribution in [3.8, 4) is 0 Å². The second-order valence-corrected chi connectivity index (χ2v) is 8.36. The first-order valence-electron chi connectivity index (χ1n) is 11.4. The fourth-order valence-corrected chi connectivity index (χ4v) is 2.74. The molecule has 0 aliphatic rings. The molecule has 0 aliphatic heterocycles. The lowest BCUT2D eigenvalue weighted by Gasteiger charge is -2.19. The van der Waals surface area contributed by atoms with E-state index in [-0.39, 0.29) is 25.0 Å². The number of esters is 2. The van der Waals surface area contributed by atoms with Crippen molar-refractivity contribution in [2.45, 2.75) is 104 Å². The Hall–Kier alpha value is -1.14. The van der Waals surface area contributed by atoms with Crippen LogP contribution >= 0.6 is 0 Å². The van der Waals surface area contributed by atoms with Crippen molar-refractivity contribution in [3.63, 3.8) is 0 Å². The third kappa shape index (κ3) is 23.0. The first-order chi connectivity index (χ1) is 13.8. The minimum absolute atomic E-state index is 0.148. The van der Waals surface area contributed by atoms with Gasteiger partial charge in [0.2, 0.25) is 0 Å². The van der Waals surface area contributed by atoms with Gasteiger partial charge in [0, 0.05) is 6.42 Å². The van der Waals surface area contributed by atoms with Crippen LogP contribution in [0.2, 0.25) is 0 Å². The maximum absolute atomic E-state index is 11.6. The molecule has 0 saturated carbocycles. The molecule has 6 nitrogen and oxygen atoms in total. The molecule has 0 N–H and O–H groups in total. The van der Waals surface area contributed by atoms with Crippen LogP contribution < -0.4 is 0 Å². The fourth-order valence-electron chi connectivity index (χ4n) is 2.74. The van der Waals surface area contributed by atoms with E-state index in [4.69, 9.17) is 18.9 Å². The van der Waals surface area contributed by atoms with Gasteiger partial charge >= 0.3 is 11.9 Å². The molecule has 0 bridgehead atoms. The van der Waals surface area contributed by atoms with Crippen LogP contribution in [0.1, 0.15) is 98.3 Å². The summed E-state index contributed by atoms with van der Waals surface area (Å²) >= 11 is 0. The minimum atomic E-state index is -0.467. The molecule has 0 unspecified atom stereocenters. The van der Waals surface area contributed by atoms with E-state index in [0.29, 0.717) is 32.8 Å². The molecule has 0 aromatic heterocycles. The highest BCUT2D eigenvalue weighted by Gasteiger charge is 2.15. The Kier molecular flexibility index (Phi) is 18.1. The van der Waals surface area contributed by atoms with Crippen LogP contribution in [0.25, 0.3) is 0 Å². The van der Waals surface area contributed by atoms with E-state index in [1.54, 1.807) is 0 Å². The number of carbonyl (C=O) groups is 2. The van der Waals surface area contributed by atoms with E-state index in [1.165, 1.54) is 44.9 Å². The van der Waals surface area contributed by atoms with Gasteiger partial charge in [-0.1, -0.05) is 58.3 Å². The zero-order chi connectivity index (χ0) is 21.8. The lowest BCUT2D eigenvalue weighted by molar-refractivity contribution is -0.156. The summed E-state index contributed by atoms with van der Waals surface area (Å²) in [6.07, 6.45) is 11.8. The summed E-state index contributed by atoms with van der Waals surface area (Å²) in [4.78, 5) is 23.1. The molecule has 0 aromatic rings. The molecular formula is C23H44O6. The number of ether oxygens (including phenoxy) is 4. The summed E-state index contributed by atoms with van der Waals surface area (Å²) in [6, 6.07) is 0. The number of carbonyl (C=O) groups excluding carboxylic acids is 2. The summed E-state index contributed by atoms with van der Waals surface area (Å²) in [5.41, 5.74) is -0.467. The lowest BCUT2D eigenvalue weighted by atomic mass is 10.1. The topological polar surface area (TPSA) is 71.1 Å². The van der Waals surface area contributed by atoms with Crippen LogP contribution in [-0.2, 0) is 28.5 Å². The number of hydrogen-bond acceptors (Lipinski definition) is 6. The molecule has 0 radical (unpaired) electrons. The molecule has 0 rings (SSSR count). The third-order valence-corrected chi connectivity index (χ3v) is 4.22. The van der Waals surface area contributed by atoms with Gasteiger partial charge in [-0.2, -0.15) is 0 Å². The van der Waals surface area contributed by atoms with Crippen molar-refractivity contribution in [1.82, 2.24) is 0 Å². The predicted octanol–water partition coefficient (Wildman–Crippen LogP) is 5.22. The van der Waals surface area contributed by atoms with Crippen LogP contribution in [0.3, 0.4) is 0 Å². The Morgan fingerprint density at radius 1 is 0.621 bits per heavy atom. The van der Waals surface area contributed by atoms with Crippen LogP contribution in [-0.4, -0.2) is 50.6 Å². The third-order valence-electron chi connectivity index (χ3n) is 4.22. The van der Waals surface area contributed by atoms with E-state index >= 15 is 0 Å². The van der Waals surface area contributed by atoms with Crippen molar-refractivity contribution < 1.29 is 28.5 Å². The van der Waals surface area contributed by atoms with Crippen molar-refractivity contribution in [2.75, 3.05) is 33.0 Å². The molecule has 0 amide bonds. The van der Waals surface area contributed by atoms with Gasteiger partial charge in [-0.05, 0) is 27.2 Å². The summed E-state index contributed by atoms with van der Waals surface area (Å²) in [6.45, 7) is 9.49. The zero-order valence-electron chi connectivity index (χ0n) is 19.3. The quantitative estimate of drug-likeness (QED) is 0.212. The first kappa shape index (κ1) is 27.9. The monoisotopic (exact) mass is 416 g/mol. The molecule has 0 atom stereocenters. The lowest BCUT2D eigenvalue weighted by Crippen LogP contribution is -2.24. The Morgan fingerprint density at radius 2 is 1.14 bits per heavy atom. The van der Waals surface area contributed by atoms with E-state index in [1.807, 2.05) is 20.8 Å². The molecule has 0 aromatic carbocycles. The van der Waals surface area contributed by atoms with Gasteiger partial charge < -0.3 is 18.9 Å². The van der Waals surface area contributed by atoms with Gasteiger partial charge in [0.05, 0.1) is 32.8 Å². The van der Waals surface area contributed by atoms with Gasteiger partial charge in [0.25, 0.3) is 0 Å². The average Bonchev–Trinajstić information content (AvgIpc) is 2.64. The van der Waals surface area contributed by atoms with Crippen LogP contribution in [0.5, 0.6) is 0 Å². The van der Waals surface area contributed by atoms with E-state index in [2.05, 4.69) is 6.92 Å². The van der Waals surface area contributed by atoms with Crippen molar-refractivity contribution >= 4 is 11.9 Å². The number of hydrogen-bond donors (Lipinski definition) is 0. The zero-order valence-corrected chi connectivity index (χ0v) is 19.3. The maximum atomic E-state index is 11.6. The summed E-state index contributed by atoms with van der Waals surface area (Å²) in [5, 5.41) is 0. The van der Waals surface area contributed by atoms with Gasteiger partial charge in [-0.3, -0.25) is 9.59 Å². The molecule has 29 heavy (non-hydrogen) atoms. The molecular weight excluding hydrogens is 372 g/mol. The molecule has 0 fully saturated rings. The van der Waals surface area contributed by atoms with Gasteiger partial charge in [0.15, 0.2) is 0 Å². The van der Waals surface area contributed by atoms with E-state index < -0.39 is 5.60 Å². The second kappa shape index (κ2) is 18.9. The van der Waals surface area contributed by atoms with E-state index in [0.717, 1.165) is 12.8 Å². The Morgan fingerprint density at radius 3 is 1.72 bits per heavy atom. The smallest absolute Gasteiger partial charge is 0.308 e. The van der Waals surface area contributed by atoms with Crippen molar-refractivity contribution in [3.05, 3.63) is 0 Å². The van der Waals surface area contributed by atoms with Gasteiger partial charge in [-0.25, -0.2) is 0 Å². The largest absolute Gasteiger partial charge is 0.463 e. The summed E-state index contributed by atoms with van der Waals surface area (Å²) in [7, 11) is 0. The molecule has 172 valence electrons. The maximum Gasteiger partial charge on any atom is 0.308 e. The summed E-state index contributed by atoms with van der Waals surface area (Å²) < 4.78 is 21.0. The van der Waals surface area contributed by atoms with E-state index in [9.17, 15) is 9.59 Å².